The van der Waals surface area contributed by atoms with Crippen molar-refractivity contribution < 1.29 is 18.8 Å². The number of urea groups is 1. The predicted molar refractivity (Wildman–Crippen MR) is 98.2 cm³/mol. The topological polar surface area (TPSA) is 78.5 Å². The molecule has 1 saturated heterocycles. The summed E-state index contributed by atoms with van der Waals surface area (Å²) in [4.78, 5) is 38.9. The van der Waals surface area contributed by atoms with E-state index >= 15 is 0 Å². The lowest BCUT2D eigenvalue weighted by Crippen LogP contribution is -2.48. The summed E-state index contributed by atoms with van der Waals surface area (Å²) >= 11 is 0. The number of amides is 4. The van der Waals surface area contributed by atoms with Gasteiger partial charge >= 0.3 is 6.03 Å². The molecule has 2 fully saturated rings. The molecule has 1 saturated carbocycles. The zero-order valence-corrected chi connectivity index (χ0v) is 15.8. The Morgan fingerprint density at radius 3 is 2.56 bits per heavy atom. The lowest BCUT2D eigenvalue weighted by Gasteiger charge is -2.30. The summed E-state index contributed by atoms with van der Waals surface area (Å²) in [5, 5.41) is 5.67. The van der Waals surface area contributed by atoms with Gasteiger partial charge in [-0.25, -0.2) is 9.18 Å². The fourth-order valence-corrected chi connectivity index (χ4v) is 4.07. The average molecular weight is 375 g/mol. The first-order valence-electron chi connectivity index (χ1n) is 9.57. The predicted octanol–water partition coefficient (Wildman–Crippen LogP) is 2.68. The second-order valence-electron chi connectivity index (χ2n) is 7.52. The summed E-state index contributed by atoms with van der Waals surface area (Å²) in [6, 6.07) is 4.98. The molecule has 2 aliphatic rings. The van der Waals surface area contributed by atoms with Crippen molar-refractivity contribution in [3.05, 3.63) is 35.6 Å². The van der Waals surface area contributed by atoms with E-state index in [0.717, 1.165) is 30.6 Å². The van der Waals surface area contributed by atoms with Gasteiger partial charge in [-0.05, 0) is 42.9 Å². The third kappa shape index (κ3) is 3.68. The maximum Gasteiger partial charge on any atom is 0.325 e. The number of hydrogen-bond donors (Lipinski definition) is 2. The maximum absolute atomic E-state index is 13.2. The highest BCUT2D eigenvalue weighted by atomic mass is 19.1. The second-order valence-corrected chi connectivity index (χ2v) is 7.52. The molecule has 4 amide bonds. The molecule has 27 heavy (non-hydrogen) atoms. The second kappa shape index (κ2) is 7.66. The Morgan fingerprint density at radius 2 is 1.93 bits per heavy atom. The van der Waals surface area contributed by atoms with E-state index in [-0.39, 0.29) is 18.5 Å². The molecule has 2 N–H and O–H groups in total. The van der Waals surface area contributed by atoms with Crippen molar-refractivity contribution >= 4 is 17.8 Å². The minimum absolute atomic E-state index is 0.0834. The molecule has 0 unspecified atom stereocenters. The van der Waals surface area contributed by atoms with Crippen LogP contribution in [-0.4, -0.2) is 35.3 Å². The Morgan fingerprint density at radius 1 is 1.26 bits per heavy atom. The number of rotatable bonds is 5. The molecule has 1 heterocycles. The standard InChI is InChI=1S/C20H26FN3O3/c1-3-20(14-8-10-15(21)11-9-14)18(26)24(19(27)23-20)12-17(25)22-16-7-5-4-6-13(16)2/h8-11,13,16H,3-7,12H2,1-2H3,(H,22,25)(H,23,27)/t13-,16-,20+/m0/s1. The molecule has 1 aliphatic heterocycles. The Hall–Kier alpha value is -2.44. The van der Waals surface area contributed by atoms with Gasteiger partial charge in [-0.3, -0.25) is 14.5 Å². The van der Waals surface area contributed by atoms with E-state index in [1.54, 1.807) is 6.92 Å². The van der Waals surface area contributed by atoms with E-state index < -0.39 is 23.3 Å². The van der Waals surface area contributed by atoms with Gasteiger partial charge in [0.05, 0.1) is 0 Å². The maximum atomic E-state index is 13.2. The third-order valence-electron chi connectivity index (χ3n) is 5.80. The van der Waals surface area contributed by atoms with Gasteiger partial charge in [0, 0.05) is 6.04 Å². The number of imide groups is 1. The molecule has 0 radical (unpaired) electrons. The molecule has 3 rings (SSSR count). The van der Waals surface area contributed by atoms with Crippen LogP contribution in [0.3, 0.4) is 0 Å². The zero-order chi connectivity index (χ0) is 19.6. The molecule has 1 aliphatic carbocycles. The molecular weight excluding hydrogens is 349 g/mol. The van der Waals surface area contributed by atoms with E-state index in [1.165, 1.54) is 24.3 Å². The van der Waals surface area contributed by atoms with Crippen molar-refractivity contribution in [1.29, 1.82) is 0 Å². The van der Waals surface area contributed by atoms with Crippen molar-refractivity contribution in [3.8, 4) is 0 Å². The van der Waals surface area contributed by atoms with Gasteiger partial charge in [0.2, 0.25) is 5.91 Å². The van der Waals surface area contributed by atoms with Crippen LogP contribution in [-0.2, 0) is 15.1 Å². The smallest absolute Gasteiger partial charge is 0.325 e. The van der Waals surface area contributed by atoms with Gasteiger partial charge in [-0.2, -0.15) is 0 Å². The van der Waals surface area contributed by atoms with Gasteiger partial charge in [0.25, 0.3) is 5.91 Å². The van der Waals surface area contributed by atoms with Crippen molar-refractivity contribution in [2.24, 2.45) is 5.92 Å². The molecule has 1 aromatic rings. The van der Waals surface area contributed by atoms with Crippen LogP contribution in [0, 0.1) is 11.7 Å². The summed E-state index contributed by atoms with van der Waals surface area (Å²) in [5.41, 5.74) is -0.753. The van der Waals surface area contributed by atoms with Gasteiger partial charge in [0.1, 0.15) is 17.9 Å². The molecule has 0 bridgehead atoms. The first-order chi connectivity index (χ1) is 12.9. The Kier molecular flexibility index (Phi) is 5.48. The third-order valence-corrected chi connectivity index (χ3v) is 5.80. The van der Waals surface area contributed by atoms with Crippen LogP contribution < -0.4 is 10.6 Å². The van der Waals surface area contributed by atoms with E-state index in [9.17, 15) is 18.8 Å². The van der Waals surface area contributed by atoms with Crippen molar-refractivity contribution in [1.82, 2.24) is 15.5 Å². The van der Waals surface area contributed by atoms with Gasteiger partial charge < -0.3 is 10.6 Å². The minimum atomic E-state index is -1.26. The quantitative estimate of drug-likeness (QED) is 0.777. The summed E-state index contributed by atoms with van der Waals surface area (Å²) in [6.45, 7) is 3.57. The Labute approximate surface area is 158 Å². The van der Waals surface area contributed by atoms with E-state index in [4.69, 9.17) is 0 Å². The van der Waals surface area contributed by atoms with E-state index in [1.807, 2.05) is 0 Å². The molecular formula is C20H26FN3O3. The van der Waals surface area contributed by atoms with Gasteiger partial charge in [0.15, 0.2) is 0 Å². The minimum Gasteiger partial charge on any atom is -0.352 e. The molecule has 6 nitrogen and oxygen atoms in total. The fourth-order valence-electron chi connectivity index (χ4n) is 4.07. The van der Waals surface area contributed by atoms with Crippen LogP contribution in [0.2, 0.25) is 0 Å². The fraction of sp³-hybridized carbons (Fsp3) is 0.550. The SMILES string of the molecule is CC[C@]1(c2ccc(F)cc2)NC(=O)N(CC(=O)N[C@H]2CCCC[C@@H]2C)C1=O. The highest BCUT2D eigenvalue weighted by Crippen LogP contribution is 2.32. The summed E-state index contributed by atoms with van der Waals surface area (Å²) in [5.74, 6) is -0.837. The number of halogens is 1. The molecule has 146 valence electrons. The molecule has 0 aromatic heterocycles. The highest BCUT2D eigenvalue weighted by molar-refractivity contribution is 6.09. The summed E-state index contributed by atoms with van der Waals surface area (Å²) in [6.07, 6.45) is 4.53. The van der Waals surface area contributed by atoms with Crippen LogP contribution >= 0.6 is 0 Å². The highest BCUT2D eigenvalue weighted by Gasteiger charge is 2.51. The van der Waals surface area contributed by atoms with E-state index in [0.29, 0.717) is 17.9 Å². The number of nitrogens with one attached hydrogen (secondary N) is 2. The van der Waals surface area contributed by atoms with Crippen LogP contribution in [0.4, 0.5) is 9.18 Å². The monoisotopic (exact) mass is 375 g/mol. The van der Waals surface area contributed by atoms with Crippen molar-refractivity contribution in [2.45, 2.75) is 57.5 Å². The van der Waals surface area contributed by atoms with Gasteiger partial charge in [-0.15, -0.1) is 0 Å². The molecule has 7 heteroatoms. The number of hydrogen-bond acceptors (Lipinski definition) is 3. The van der Waals surface area contributed by atoms with Crippen molar-refractivity contribution in [2.75, 3.05) is 6.54 Å². The average Bonchev–Trinajstić information content (AvgIpc) is 2.89. The van der Waals surface area contributed by atoms with Crippen LogP contribution in [0.25, 0.3) is 0 Å². The first-order valence-corrected chi connectivity index (χ1v) is 9.57. The lowest BCUT2D eigenvalue weighted by atomic mass is 9.86. The van der Waals surface area contributed by atoms with Gasteiger partial charge in [-0.1, -0.05) is 38.8 Å². The largest absolute Gasteiger partial charge is 0.352 e. The Bertz CT molecular complexity index is 736. The van der Waals surface area contributed by atoms with Crippen LogP contribution in [0.1, 0.15) is 51.5 Å². The summed E-state index contributed by atoms with van der Waals surface area (Å²) in [7, 11) is 0. The van der Waals surface area contributed by atoms with E-state index in [2.05, 4.69) is 17.6 Å². The number of nitrogens with zero attached hydrogens (tertiary/aromatic N) is 1. The number of carbonyl (C=O) groups excluding carboxylic acids is 3. The number of carbonyl (C=O) groups is 3. The Balaban J connectivity index is 1.73. The molecule has 1 aromatic carbocycles. The zero-order valence-electron chi connectivity index (χ0n) is 15.8. The summed E-state index contributed by atoms with van der Waals surface area (Å²) < 4.78 is 13.2. The molecule has 0 spiro atoms. The molecule has 3 atom stereocenters. The van der Waals surface area contributed by atoms with Crippen LogP contribution in [0.15, 0.2) is 24.3 Å². The van der Waals surface area contributed by atoms with Crippen LogP contribution in [0.5, 0.6) is 0 Å². The lowest BCUT2D eigenvalue weighted by molar-refractivity contribution is -0.135. The normalized spacial score (nSPS) is 28.2. The van der Waals surface area contributed by atoms with Crippen molar-refractivity contribution in [3.63, 3.8) is 0 Å². The number of benzene rings is 1. The first kappa shape index (κ1) is 19.3.